The van der Waals surface area contributed by atoms with E-state index in [1.165, 1.54) is 110 Å². The molecule has 0 spiro atoms. The second kappa shape index (κ2) is 35.0. The molecule has 0 aliphatic carbocycles. The first kappa shape index (κ1) is 38.4. The molecule has 0 saturated heterocycles. The molecule has 0 aliphatic heterocycles. The highest BCUT2D eigenvalue weighted by Crippen LogP contribution is 2.12. The van der Waals surface area contributed by atoms with Gasteiger partial charge in [-0.1, -0.05) is 129 Å². The zero-order chi connectivity index (χ0) is 27.0. The molecule has 0 saturated carbocycles. The Bertz CT molecular complexity index is 378. The molecule has 0 bridgehead atoms. The Labute approximate surface area is 216 Å². The molecular weight excluding hydrogens is 444 g/mol. The number of hydrogen-bond acceptors (Lipinski definition) is 4. The van der Waals surface area contributed by atoms with E-state index in [-0.39, 0.29) is 6.61 Å². The molecule has 0 aromatic heterocycles. The summed E-state index contributed by atoms with van der Waals surface area (Å²) >= 11 is 0. The lowest BCUT2D eigenvalue weighted by molar-refractivity contribution is -0.138. The maximum Gasteiger partial charge on any atom is 0.303 e. The average molecular weight is 505 g/mol. The summed E-state index contributed by atoms with van der Waals surface area (Å²) in [5, 5.41) is 32.9. The van der Waals surface area contributed by atoms with Gasteiger partial charge in [-0.15, -0.1) is 0 Å². The van der Waals surface area contributed by atoms with E-state index in [1.54, 1.807) is 0 Å². The number of aliphatic hydroxyl groups is 2. The quantitative estimate of drug-likeness (QED) is 0.104. The van der Waals surface area contributed by atoms with Crippen LogP contribution in [0.15, 0.2) is 0 Å². The normalized spacial score (nSPS) is 11.1. The van der Waals surface area contributed by atoms with Crippen LogP contribution < -0.4 is 0 Å². The van der Waals surface area contributed by atoms with Crippen LogP contribution in [0.4, 0.5) is 0 Å². The number of hydrogen-bond donors (Lipinski definition) is 4. The first-order valence-corrected chi connectivity index (χ1v) is 14.5. The lowest BCUT2D eigenvalue weighted by Gasteiger charge is -2.01. The summed E-state index contributed by atoms with van der Waals surface area (Å²) in [6, 6.07) is 0. The topological polar surface area (TPSA) is 115 Å². The molecule has 0 heterocycles. The first-order valence-electron chi connectivity index (χ1n) is 14.5. The van der Waals surface area contributed by atoms with Crippen LogP contribution in [0.1, 0.15) is 162 Å². The third-order valence-electron chi connectivity index (χ3n) is 5.75. The third-order valence-corrected chi connectivity index (χ3v) is 5.75. The van der Waals surface area contributed by atoms with Crippen molar-refractivity contribution in [1.29, 1.82) is 0 Å². The lowest BCUT2D eigenvalue weighted by atomic mass is 10.1. The van der Waals surface area contributed by atoms with Gasteiger partial charge in [-0.05, 0) is 19.8 Å². The molecule has 0 radical (unpaired) electrons. The second-order valence-corrected chi connectivity index (χ2v) is 9.68. The van der Waals surface area contributed by atoms with Crippen molar-refractivity contribution < 1.29 is 30.0 Å². The van der Waals surface area contributed by atoms with Crippen molar-refractivity contribution in [1.82, 2.24) is 0 Å². The number of carboxylic acid groups (broad SMARTS) is 2. The summed E-state index contributed by atoms with van der Waals surface area (Å²) in [6.07, 6.45) is 25.3. The lowest BCUT2D eigenvalue weighted by Crippen LogP contribution is -2.03. The highest BCUT2D eigenvalue weighted by atomic mass is 16.4. The van der Waals surface area contributed by atoms with Gasteiger partial charge in [-0.25, -0.2) is 0 Å². The van der Waals surface area contributed by atoms with E-state index < -0.39 is 18.0 Å². The van der Waals surface area contributed by atoms with Gasteiger partial charge in [0, 0.05) is 12.8 Å². The van der Waals surface area contributed by atoms with Crippen molar-refractivity contribution in [3.05, 3.63) is 0 Å². The second-order valence-electron chi connectivity index (χ2n) is 9.68. The van der Waals surface area contributed by atoms with Gasteiger partial charge >= 0.3 is 11.9 Å². The number of rotatable bonds is 23. The molecule has 1 unspecified atom stereocenters. The summed E-state index contributed by atoms with van der Waals surface area (Å²) < 4.78 is 0. The van der Waals surface area contributed by atoms with Crippen LogP contribution in [0, 0.1) is 0 Å². The van der Waals surface area contributed by atoms with Gasteiger partial charge < -0.3 is 20.4 Å². The number of aliphatic carboxylic acids is 2. The molecule has 35 heavy (non-hydrogen) atoms. The smallest absolute Gasteiger partial charge is 0.303 e. The van der Waals surface area contributed by atoms with E-state index >= 15 is 0 Å². The van der Waals surface area contributed by atoms with E-state index in [0.717, 1.165) is 25.7 Å². The highest BCUT2D eigenvalue weighted by molar-refractivity contribution is 5.66. The van der Waals surface area contributed by atoms with E-state index in [1.807, 2.05) is 0 Å². The number of carboxylic acids is 2. The van der Waals surface area contributed by atoms with E-state index in [9.17, 15) is 9.59 Å². The Morgan fingerprint density at radius 1 is 0.514 bits per heavy atom. The van der Waals surface area contributed by atoms with Gasteiger partial charge in [-0.2, -0.15) is 0 Å². The fraction of sp³-hybridized carbons (Fsp3) is 0.931. The van der Waals surface area contributed by atoms with Gasteiger partial charge in [0.15, 0.2) is 0 Å². The summed E-state index contributed by atoms with van der Waals surface area (Å²) in [7, 11) is 0. The molecule has 6 heteroatoms. The van der Waals surface area contributed by atoms with Crippen LogP contribution in [0.2, 0.25) is 0 Å². The van der Waals surface area contributed by atoms with Gasteiger partial charge in [0.1, 0.15) is 0 Å². The summed E-state index contributed by atoms with van der Waals surface area (Å²) in [5.41, 5.74) is 0. The minimum Gasteiger partial charge on any atom is -0.481 e. The number of unbranched alkanes of at least 4 members (excludes halogenated alkanes) is 18. The van der Waals surface area contributed by atoms with Crippen LogP contribution in [-0.4, -0.2) is 45.1 Å². The average Bonchev–Trinajstić information content (AvgIpc) is 2.82. The van der Waals surface area contributed by atoms with E-state index in [4.69, 9.17) is 20.4 Å². The summed E-state index contributed by atoms with van der Waals surface area (Å²) in [6.45, 7) is 5.87. The Morgan fingerprint density at radius 2 is 0.714 bits per heavy atom. The number of carbonyl (C=O) groups is 2. The third kappa shape index (κ3) is 50.6. The highest BCUT2D eigenvalue weighted by Gasteiger charge is 1.97. The van der Waals surface area contributed by atoms with Gasteiger partial charge in [0.25, 0.3) is 0 Å². The maximum absolute atomic E-state index is 10.2. The molecular formula is C29H60O6. The Hall–Kier alpha value is -1.14. The zero-order valence-electron chi connectivity index (χ0n) is 23.4. The molecule has 6 nitrogen and oxygen atoms in total. The first-order chi connectivity index (χ1) is 16.8. The fourth-order valence-electron chi connectivity index (χ4n) is 3.53. The zero-order valence-corrected chi connectivity index (χ0v) is 23.4. The minimum atomic E-state index is -0.658. The predicted molar refractivity (Wildman–Crippen MR) is 147 cm³/mol. The summed E-state index contributed by atoms with van der Waals surface area (Å²) in [4.78, 5) is 20.5. The largest absolute Gasteiger partial charge is 0.481 e. The molecule has 0 aliphatic rings. The van der Waals surface area contributed by atoms with Gasteiger partial charge in [-0.3, -0.25) is 9.59 Å². The van der Waals surface area contributed by atoms with Crippen molar-refractivity contribution >= 4 is 11.9 Å². The molecule has 4 N–H and O–H groups in total. The van der Waals surface area contributed by atoms with Crippen LogP contribution in [0.3, 0.4) is 0 Å². The SMILES string of the molecule is CC(O)CO.CCCCCCCCCCCCC(=O)O.CCCCCCCCCCCCC(=O)O. The standard InChI is InChI=1S/2C13H26O2.C3H8O2/c2*1-2-3-4-5-6-7-8-9-10-11-12-13(14)15;1-3(5)2-4/h2*2-12H2,1H3,(H,14,15);3-5H,2H2,1H3. The van der Waals surface area contributed by atoms with Crippen molar-refractivity contribution in [2.45, 2.75) is 168 Å². The van der Waals surface area contributed by atoms with Crippen molar-refractivity contribution in [2.24, 2.45) is 0 Å². The monoisotopic (exact) mass is 504 g/mol. The van der Waals surface area contributed by atoms with Crippen molar-refractivity contribution in [3.8, 4) is 0 Å². The molecule has 212 valence electrons. The van der Waals surface area contributed by atoms with Gasteiger partial charge in [0.05, 0.1) is 12.7 Å². The molecule has 0 fully saturated rings. The molecule has 0 rings (SSSR count). The fourth-order valence-corrected chi connectivity index (χ4v) is 3.53. The summed E-state index contributed by atoms with van der Waals surface area (Å²) in [5.74, 6) is -1.32. The predicted octanol–water partition coefficient (Wildman–Crippen LogP) is 8.12. The maximum atomic E-state index is 10.2. The molecule has 0 aromatic carbocycles. The van der Waals surface area contributed by atoms with E-state index in [0.29, 0.717) is 12.8 Å². The van der Waals surface area contributed by atoms with Crippen LogP contribution in [-0.2, 0) is 9.59 Å². The Morgan fingerprint density at radius 3 is 0.886 bits per heavy atom. The minimum absolute atomic E-state index is 0.139. The Kier molecular flexibility index (Phi) is 38.4. The van der Waals surface area contributed by atoms with Crippen molar-refractivity contribution in [3.63, 3.8) is 0 Å². The van der Waals surface area contributed by atoms with Crippen molar-refractivity contribution in [2.75, 3.05) is 6.61 Å². The Balaban J connectivity index is -0.000000491. The van der Waals surface area contributed by atoms with Crippen LogP contribution >= 0.6 is 0 Å². The number of aliphatic hydroxyl groups excluding tert-OH is 2. The molecule has 0 amide bonds. The van der Waals surface area contributed by atoms with Crippen LogP contribution in [0.25, 0.3) is 0 Å². The van der Waals surface area contributed by atoms with Gasteiger partial charge in [0.2, 0.25) is 0 Å². The molecule has 0 aromatic rings. The molecule has 1 atom stereocenters. The van der Waals surface area contributed by atoms with E-state index in [2.05, 4.69) is 13.8 Å². The van der Waals surface area contributed by atoms with Crippen LogP contribution in [0.5, 0.6) is 0 Å².